The van der Waals surface area contributed by atoms with Gasteiger partial charge in [-0.25, -0.2) is 9.97 Å². The average Bonchev–Trinajstić information content (AvgIpc) is 2.61. The molecule has 3 heterocycles. The van der Waals surface area contributed by atoms with Crippen molar-refractivity contribution in [3.8, 4) is 11.3 Å². The summed E-state index contributed by atoms with van der Waals surface area (Å²) < 4.78 is 0. The summed E-state index contributed by atoms with van der Waals surface area (Å²) in [5, 5.41) is 0. The van der Waals surface area contributed by atoms with E-state index < -0.39 is 0 Å². The van der Waals surface area contributed by atoms with Gasteiger partial charge in [0.1, 0.15) is 5.82 Å². The molecule has 4 nitrogen and oxygen atoms in total. The number of likely N-dealkylation sites (tertiary alicyclic amines) is 1. The highest BCUT2D eigenvalue weighted by molar-refractivity contribution is 5.55. The molecule has 0 unspecified atom stereocenters. The fourth-order valence-corrected chi connectivity index (χ4v) is 2.95. The zero-order valence-corrected chi connectivity index (χ0v) is 13.1. The molecule has 2 aromatic rings. The van der Waals surface area contributed by atoms with E-state index in [9.17, 15) is 0 Å². The molecule has 4 heteroatoms. The van der Waals surface area contributed by atoms with Crippen molar-refractivity contribution in [2.24, 2.45) is 0 Å². The highest BCUT2D eigenvalue weighted by atomic mass is 15.1. The molecule has 1 aliphatic rings. The van der Waals surface area contributed by atoms with E-state index in [4.69, 9.17) is 0 Å². The SMILES string of the molecule is c1ccc(-c2cnc(CCCCN3CCCCC3)nc2)nc1. The second kappa shape index (κ2) is 7.99. The largest absolute Gasteiger partial charge is 0.303 e. The molecule has 116 valence electrons. The minimum atomic E-state index is 0.930. The average molecular weight is 296 g/mol. The first kappa shape index (κ1) is 15.1. The Hall–Kier alpha value is -1.81. The molecule has 0 saturated carbocycles. The van der Waals surface area contributed by atoms with Gasteiger partial charge in [-0.05, 0) is 57.5 Å². The highest BCUT2D eigenvalue weighted by Crippen LogP contribution is 2.14. The number of aryl methyl sites for hydroxylation is 1. The van der Waals surface area contributed by atoms with Crippen LogP contribution < -0.4 is 0 Å². The van der Waals surface area contributed by atoms with Gasteiger partial charge in [-0.2, -0.15) is 0 Å². The molecule has 1 aliphatic heterocycles. The number of piperidine rings is 1. The van der Waals surface area contributed by atoms with E-state index in [-0.39, 0.29) is 0 Å². The molecular formula is C18H24N4. The van der Waals surface area contributed by atoms with Crippen LogP contribution in [-0.4, -0.2) is 39.5 Å². The fraction of sp³-hybridized carbons (Fsp3) is 0.500. The molecule has 0 spiro atoms. The van der Waals surface area contributed by atoms with Gasteiger partial charge in [0.25, 0.3) is 0 Å². The van der Waals surface area contributed by atoms with Crippen LogP contribution in [0.2, 0.25) is 0 Å². The van der Waals surface area contributed by atoms with Crippen LogP contribution in [0.1, 0.15) is 37.9 Å². The van der Waals surface area contributed by atoms with Crippen molar-refractivity contribution < 1.29 is 0 Å². The molecule has 0 N–H and O–H groups in total. The molecule has 0 bridgehead atoms. The van der Waals surface area contributed by atoms with E-state index in [1.54, 1.807) is 6.20 Å². The maximum Gasteiger partial charge on any atom is 0.128 e. The maximum atomic E-state index is 4.47. The number of nitrogens with zero attached hydrogens (tertiary/aromatic N) is 4. The van der Waals surface area contributed by atoms with Crippen molar-refractivity contribution >= 4 is 0 Å². The van der Waals surface area contributed by atoms with E-state index >= 15 is 0 Å². The van der Waals surface area contributed by atoms with Gasteiger partial charge < -0.3 is 4.90 Å². The second-order valence-electron chi connectivity index (χ2n) is 5.96. The Bertz CT molecular complexity index is 547. The Morgan fingerprint density at radius 3 is 2.45 bits per heavy atom. The smallest absolute Gasteiger partial charge is 0.128 e. The molecule has 2 aromatic heterocycles. The molecule has 1 fully saturated rings. The molecule has 3 rings (SSSR count). The van der Waals surface area contributed by atoms with Gasteiger partial charge in [0.2, 0.25) is 0 Å². The molecule has 0 amide bonds. The number of hydrogen-bond donors (Lipinski definition) is 0. The molecule has 1 saturated heterocycles. The lowest BCUT2D eigenvalue weighted by molar-refractivity contribution is 0.225. The van der Waals surface area contributed by atoms with Crippen LogP contribution in [0.5, 0.6) is 0 Å². The Balaban J connectivity index is 1.43. The summed E-state index contributed by atoms with van der Waals surface area (Å²) in [4.78, 5) is 15.9. The van der Waals surface area contributed by atoms with Crippen LogP contribution in [-0.2, 0) is 6.42 Å². The van der Waals surface area contributed by atoms with E-state index in [0.29, 0.717) is 0 Å². The predicted molar refractivity (Wildman–Crippen MR) is 88.5 cm³/mol. The van der Waals surface area contributed by atoms with Crippen molar-refractivity contribution in [1.82, 2.24) is 19.9 Å². The van der Waals surface area contributed by atoms with Crippen LogP contribution in [0, 0.1) is 0 Å². The Morgan fingerprint density at radius 2 is 1.73 bits per heavy atom. The van der Waals surface area contributed by atoms with Crippen molar-refractivity contribution in [1.29, 1.82) is 0 Å². The molecular weight excluding hydrogens is 272 g/mol. The van der Waals surface area contributed by atoms with Crippen molar-refractivity contribution in [3.05, 3.63) is 42.6 Å². The number of unbranched alkanes of at least 4 members (excludes halogenated alkanes) is 1. The van der Waals surface area contributed by atoms with Crippen LogP contribution >= 0.6 is 0 Å². The van der Waals surface area contributed by atoms with Crippen molar-refractivity contribution in [2.45, 2.75) is 38.5 Å². The third-order valence-corrected chi connectivity index (χ3v) is 4.24. The van der Waals surface area contributed by atoms with Gasteiger partial charge >= 0.3 is 0 Å². The first-order chi connectivity index (χ1) is 10.9. The third kappa shape index (κ3) is 4.34. The van der Waals surface area contributed by atoms with Crippen molar-refractivity contribution in [2.75, 3.05) is 19.6 Å². The minimum absolute atomic E-state index is 0.930. The molecule has 0 radical (unpaired) electrons. The van der Waals surface area contributed by atoms with Crippen LogP contribution in [0.25, 0.3) is 11.3 Å². The van der Waals surface area contributed by atoms with E-state index in [1.165, 1.54) is 51.7 Å². The highest BCUT2D eigenvalue weighted by Gasteiger charge is 2.09. The minimum Gasteiger partial charge on any atom is -0.303 e. The van der Waals surface area contributed by atoms with Crippen LogP contribution in [0.3, 0.4) is 0 Å². The van der Waals surface area contributed by atoms with Gasteiger partial charge in [0.15, 0.2) is 0 Å². The summed E-state index contributed by atoms with van der Waals surface area (Å²) in [6.07, 6.45) is 13.1. The van der Waals surface area contributed by atoms with E-state index in [1.807, 2.05) is 30.6 Å². The van der Waals surface area contributed by atoms with Gasteiger partial charge in [0.05, 0.1) is 5.69 Å². The fourth-order valence-electron chi connectivity index (χ4n) is 2.95. The molecule has 0 atom stereocenters. The third-order valence-electron chi connectivity index (χ3n) is 4.24. The van der Waals surface area contributed by atoms with Gasteiger partial charge in [-0.15, -0.1) is 0 Å². The lowest BCUT2D eigenvalue weighted by Gasteiger charge is -2.26. The summed E-state index contributed by atoms with van der Waals surface area (Å²) in [7, 11) is 0. The number of hydrogen-bond acceptors (Lipinski definition) is 4. The maximum absolute atomic E-state index is 4.47. The van der Waals surface area contributed by atoms with Gasteiger partial charge in [0, 0.05) is 30.6 Å². The number of pyridine rings is 1. The predicted octanol–water partition coefficient (Wildman–Crippen LogP) is 3.35. The topological polar surface area (TPSA) is 41.9 Å². The lowest BCUT2D eigenvalue weighted by Crippen LogP contribution is -2.30. The Labute approximate surface area is 132 Å². The quantitative estimate of drug-likeness (QED) is 0.767. The summed E-state index contributed by atoms with van der Waals surface area (Å²) in [5.74, 6) is 0.943. The number of aromatic nitrogens is 3. The normalized spacial score (nSPS) is 15.8. The lowest BCUT2D eigenvalue weighted by atomic mass is 10.1. The molecule has 0 aromatic carbocycles. The molecule has 22 heavy (non-hydrogen) atoms. The summed E-state index contributed by atoms with van der Waals surface area (Å²) >= 11 is 0. The van der Waals surface area contributed by atoms with Crippen LogP contribution in [0.4, 0.5) is 0 Å². The van der Waals surface area contributed by atoms with E-state index in [2.05, 4.69) is 19.9 Å². The summed E-state index contributed by atoms with van der Waals surface area (Å²) in [5.41, 5.74) is 1.91. The first-order valence-corrected chi connectivity index (χ1v) is 8.36. The van der Waals surface area contributed by atoms with Crippen molar-refractivity contribution in [3.63, 3.8) is 0 Å². The second-order valence-corrected chi connectivity index (χ2v) is 5.96. The van der Waals surface area contributed by atoms with E-state index in [0.717, 1.165) is 23.5 Å². The zero-order valence-electron chi connectivity index (χ0n) is 13.1. The Morgan fingerprint density at radius 1 is 0.909 bits per heavy atom. The first-order valence-electron chi connectivity index (χ1n) is 8.36. The summed E-state index contributed by atoms with van der Waals surface area (Å²) in [6, 6.07) is 5.88. The zero-order chi connectivity index (χ0) is 15.0. The standard InChI is InChI=1S/C18H24N4/c1-5-11-22(12-6-1)13-7-3-9-18-20-14-16(15-21-18)17-8-2-4-10-19-17/h2,4,8,10,14-15H,1,3,5-7,9,11-13H2. The molecule has 0 aliphatic carbocycles. The Kier molecular flexibility index (Phi) is 5.48. The monoisotopic (exact) mass is 296 g/mol. The summed E-state index contributed by atoms with van der Waals surface area (Å²) in [6.45, 7) is 3.80. The van der Waals surface area contributed by atoms with Crippen LogP contribution in [0.15, 0.2) is 36.8 Å². The van der Waals surface area contributed by atoms with Gasteiger partial charge in [-0.1, -0.05) is 12.5 Å². The van der Waals surface area contributed by atoms with Gasteiger partial charge in [-0.3, -0.25) is 4.98 Å². The number of rotatable bonds is 6.